The lowest BCUT2D eigenvalue weighted by Crippen LogP contribution is -2.43. The van der Waals surface area contributed by atoms with E-state index in [1.807, 2.05) is 0 Å². The van der Waals surface area contributed by atoms with Gasteiger partial charge in [0.2, 0.25) is 0 Å². The molecular formula is C28H39Cl2N. The van der Waals surface area contributed by atoms with Gasteiger partial charge in [0.05, 0.1) is 0 Å². The highest BCUT2D eigenvalue weighted by atomic mass is 35.5. The quantitative estimate of drug-likeness (QED) is 0.340. The molecule has 0 saturated heterocycles. The molecule has 0 spiro atoms. The largest absolute Gasteiger partial charge is 0.316 e. The van der Waals surface area contributed by atoms with Crippen LogP contribution in [0.15, 0.2) is 18.2 Å². The molecule has 0 heterocycles. The van der Waals surface area contributed by atoms with Crippen molar-refractivity contribution < 1.29 is 0 Å². The monoisotopic (exact) mass is 459 g/mol. The van der Waals surface area contributed by atoms with Crippen molar-refractivity contribution in [3.63, 3.8) is 0 Å². The van der Waals surface area contributed by atoms with Crippen LogP contribution in [0, 0.1) is 41.4 Å². The standard InChI is InChI=1S/C28H38ClN.ClH/c29-27-19-21(8-4-5-12-30-13-11-20-6-2-1-3-7-20)9-10-26(27)28-24-15-22-14-23(17-24)18-25(28)16-22;/h9-10,19-20,22-25,28,30H,1-3,5-7,11-18H2;1H. The maximum atomic E-state index is 6.80. The fourth-order valence-corrected chi connectivity index (χ4v) is 7.84. The molecule has 1 aromatic carbocycles. The summed E-state index contributed by atoms with van der Waals surface area (Å²) in [6.45, 7) is 2.15. The van der Waals surface area contributed by atoms with Crippen LogP contribution in [0.3, 0.4) is 0 Å². The zero-order valence-corrected chi connectivity index (χ0v) is 20.5. The van der Waals surface area contributed by atoms with Crippen molar-refractivity contribution in [3.8, 4) is 11.8 Å². The summed E-state index contributed by atoms with van der Waals surface area (Å²) in [5, 5.41) is 4.55. The van der Waals surface area contributed by atoms with Crippen LogP contribution in [0.1, 0.15) is 94.1 Å². The molecule has 6 rings (SSSR count). The first-order valence-corrected chi connectivity index (χ1v) is 13.1. The lowest BCUT2D eigenvalue weighted by molar-refractivity contribution is -0.00275. The predicted molar refractivity (Wildman–Crippen MR) is 134 cm³/mol. The number of hydrogen-bond acceptors (Lipinski definition) is 1. The van der Waals surface area contributed by atoms with Crippen LogP contribution >= 0.6 is 24.0 Å². The van der Waals surface area contributed by atoms with Crippen molar-refractivity contribution in [2.24, 2.45) is 29.6 Å². The Bertz CT molecular complexity index is 758. The molecule has 1 N–H and O–H groups in total. The first-order chi connectivity index (χ1) is 14.8. The second-order valence-electron chi connectivity index (χ2n) is 10.8. The molecule has 5 aliphatic carbocycles. The zero-order valence-electron chi connectivity index (χ0n) is 18.9. The molecule has 4 bridgehead atoms. The SMILES string of the molecule is Cl.Clc1cc(C#CCCNCCC2CCCCC2)ccc1C1C2CC3CC(C2)CC1C3. The molecule has 0 atom stereocenters. The van der Waals surface area contributed by atoms with Crippen LogP contribution in [0.25, 0.3) is 0 Å². The first-order valence-electron chi connectivity index (χ1n) is 12.8. The van der Waals surface area contributed by atoms with Crippen molar-refractivity contribution in [1.82, 2.24) is 5.32 Å². The van der Waals surface area contributed by atoms with Crippen LogP contribution in [0.5, 0.6) is 0 Å². The van der Waals surface area contributed by atoms with Gasteiger partial charge in [-0.3, -0.25) is 0 Å². The van der Waals surface area contributed by atoms with Gasteiger partial charge in [-0.25, -0.2) is 0 Å². The Hall–Kier alpha value is -0.680. The molecule has 31 heavy (non-hydrogen) atoms. The van der Waals surface area contributed by atoms with Gasteiger partial charge in [-0.1, -0.05) is 61.6 Å². The minimum Gasteiger partial charge on any atom is -0.316 e. The third-order valence-electron chi connectivity index (χ3n) is 8.70. The van der Waals surface area contributed by atoms with E-state index in [0.717, 1.165) is 59.7 Å². The van der Waals surface area contributed by atoms with Crippen LogP contribution in [-0.2, 0) is 0 Å². The van der Waals surface area contributed by atoms with Crippen molar-refractivity contribution in [2.75, 3.05) is 13.1 Å². The number of halogens is 2. The molecule has 1 nitrogen and oxygen atoms in total. The zero-order chi connectivity index (χ0) is 20.3. The third kappa shape index (κ3) is 5.63. The Morgan fingerprint density at radius 2 is 1.61 bits per heavy atom. The first kappa shape index (κ1) is 23.5. The molecule has 0 amide bonds. The Morgan fingerprint density at radius 3 is 2.29 bits per heavy atom. The highest BCUT2D eigenvalue weighted by molar-refractivity contribution is 6.31. The molecule has 5 fully saturated rings. The van der Waals surface area contributed by atoms with E-state index < -0.39 is 0 Å². The van der Waals surface area contributed by atoms with E-state index in [-0.39, 0.29) is 12.4 Å². The van der Waals surface area contributed by atoms with Gasteiger partial charge in [0, 0.05) is 23.6 Å². The summed E-state index contributed by atoms with van der Waals surface area (Å²) < 4.78 is 0. The minimum atomic E-state index is 0. The number of rotatable bonds is 6. The molecule has 1 aromatic rings. The summed E-state index contributed by atoms with van der Waals surface area (Å²) >= 11 is 6.80. The van der Waals surface area contributed by atoms with Crippen LogP contribution in [-0.4, -0.2) is 13.1 Å². The topological polar surface area (TPSA) is 12.0 Å². The van der Waals surface area contributed by atoms with Crippen LogP contribution in [0.4, 0.5) is 0 Å². The van der Waals surface area contributed by atoms with Gasteiger partial charge in [0.15, 0.2) is 0 Å². The fraction of sp³-hybridized carbons (Fsp3) is 0.714. The average Bonchev–Trinajstić information content (AvgIpc) is 2.74. The van der Waals surface area contributed by atoms with Gasteiger partial charge in [-0.2, -0.15) is 0 Å². The van der Waals surface area contributed by atoms with E-state index in [4.69, 9.17) is 11.6 Å². The molecule has 0 radical (unpaired) electrons. The van der Waals surface area contributed by atoms with Crippen molar-refractivity contribution in [2.45, 2.75) is 83.0 Å². The molecule has 170 valence electrons. The van der Waals surface area contributed by atoms with E-state index in [0.29, 0.717) is 5.92 Å². The Labute approximate surface area is 200 Å². The van der Waals surface area contributed by atoms with Crippen LogP contribution < -0.4 is 5.32 Å². The van der Waals surface area contributed by atoms with E-state index in [1.165, 1.54) is 76.2 Å². The van der Waals surface area contributed by atoms with Gasteiger partial charge < -0.3 is 5.32 Å². The van der Waals surface area contributed by atoms with Gasteiger partial charge in [0.1, 0.15) is 0 Å². The van der Waals surface area contributed by atoms with Gasteiger partial charge in [0.25, 0.3) is 0 Å². The lowest BCUT2D eigenvalue weighted by Gasteiger charge is -2.54. The van der Waals surface area contributed by atoms with E-state index in [9.17, 15) is 0 Å². The summed E-state index contributed by atoms with van der Waals surface area (Å²) in [4.78, 5) is 0. The highest BCUT2D eigenvalue weighted by Gasteiger charge is 2.48. The van der Waals surface area contributed by atoms with E-state index in [1.54, 1.807) is 0 Å². The maximum Gasteiger partial charge on any atom is 0.0453 e. The van der Waals surface area contributed by atoms with E-state index >= 15 is 0 Å². The summed E-state index contributed by atoms with van der Waals surface area (Å²) in [6, 6.07) is 6.66. The Balaban J connectivity index is 0.00000231. The molecular weight excluding hydrogens is 421 g/mol. The van der Waals surface area contributed by atoms with Crippen molar-refractivity contribution in [1.29, 1.82) is 0 Å². The Kier molecular flexibility index (Phi) is 8.30. The average molecular weight is 461 g/mol. The van der Waals surface area contributed by atoms with Gasteiger partial charge >= 0.3 is 0 Å². The van der Waals surface area contributed by atoms with Gasteiger partial charge in [-0.05, 0) is 98.3 Å². The number of nitrogens with one attached hydrogen (secondary N) is 1. The maximum absolute atomic E-state index is 6.80. The highest BCUT2D eigenvalue weighted by Crippen LogP contribution is 2.60. The summed E-state index contributed by atoms with van der Waals surface area (Å²) in [7, 11) is 0. The fourth-order valence-electron chi connectivity index (χ4n) is 7.53. The summed E-state index contributed by atoms with van der Waals surface area (Å²) in [5.41, 5.74) is 2.50. The molecule has 5 aliphatic rings. The normalized spacial score (nSPS) is 31.7. The van der Waals surface area contributed by atoms with Gasteiger partial charge in [-0.15, -0.1) is 12.4 Å². The number of benzene rings is 1. The lowest BCUT2D eigenvalue weighted by atomic mass is 9.51. The minimum absolute atomic E-state index is 0. The molecule has 0 unspecified atom stereocenters. The summed E-state index contributed by atoms with van der Waals surface area (Å²) in [5.74, 6) is 12.2. The smallest absolute Gasteiger partial charge is 0.0453 e. The summed E-state index contributed by atoms with van der Waals surface area (Å²) in [6.07, 6.45) is 16.8. The van der Waals surface area contributed by atoms with Crippen LogP contribution in [0.2, 0.25) is 5.02 Å². The van der Waals surface area contributed by atoms with E-state index in [2.05, 4.69) is 35.4 Å². The molecule has 0 aliphatic heterocycles. The Morgan fingerprint density at radius 1 is 0.903 bits per heavy atom. The molecule has 3 heteroatoms. The molecule has 5 saturated carbocycles. The molecule has 0 aromatic heterocycles. The number of hydrogen-bond donors (Lipinski definition) is 1. The van der Waals surface area contributed by atoms with Crippen molar-refractivity contribution >= 4 is 24.0 Å². The third-order valence-corrected chi connectivity index (χ3v) is 9.03. The second kappa shape index (κ2) is 11.0. The van der Waals surface area contributed by atoms with Crippen molar-refractivity contribution in [3.05, 3.63) is 34.3 Å². The second-order valence-corrected chi connectivity index (χ2v) is 11.2. The predicted octanol–water partition coefficient (Wildman–Crippen LogP) is 7.60.